The van der Waals surface area contributed by atoms with Gasteiger partial charge in [0.15, 0.2) is 4.47 Å². The third kappa shape index (κ3) is 6.50. The summed E-state index contributed by atoms with van der Waals surface area (Å²) in [5.74, 6) is -1.24. The Hall–Kier alpha value is -1.22. The van der Waals surface area contributed by atoms with Crippen LogP contribution in [0.2, 0.25) is 4.47 Å². The zero-order chi connectivity index (χ0) is 18.8. The third-order valence-corrected chi connectivity index (χ3v) is 4.82. The van der Waals surface area contributed by atoms with Gasteiger partial charge in [-0.15, -0.1) is 11.3 Å². The van der Waals surface area contributed by atoms with Crippen LogP contribution in [0, 0.1) is 0 Å². The summed E-state index contributed by atoms with van der Waals surface area (Å²) in [6.07, 6.45) is 0. The van der Waals surface area contributed by atoms with Crippen molar-refractivity contribution in [3.8, 4) is 0 Å². The summed E-state index contributed by atoms with van der Waals surface area (Å²) in [4.78, 5) is 13.6. The highest BCUT2D eigenvalue weighted by Gasteiger charge is 2.41. The van der Waals surface area contributed by atoms with Crippen LogP contribution in [0.5, 0.6) is 0 Å². The van der Waals surface area contributed by atoms with E-state index < -0.39 is 10.8 Å². The molecule has 0 aliphatic carbocycles. The maximum atomic E-state index is 11.4. The second-order valence-corrected chi connectivity index (χ2v) is 7.38. The summed E-state index contributed by atoms with van der Waals surface area (Å²) < 4.78 is 16.4. The van der Waals surface area contributed by atoms with Crippen molar-refractivity contribution in [2.75, 3.05) is 33.0 Å². The molecule has 0 amide bonds. The van der Waals surface area contributed by atoms with Gasteiger partial charge in [0, 0.05) is 5.38 Å². The Kier molecular flexibility index (Phi) is 8.77. The highest BCUT2D eigenvalue weighted by molar-refractivity contribution is 7.14. The van der Waals surface area contributed by atoms with Gasteiger partial charge >= 0.3 is 5.97 Å². The van der Waals surface area contributed by atoms with E-state index >= 15 is 0 Å². The maximum Gasteiger partial charge on any atom is 0.333 e. The van der Waals surface area contributed by atoms with Gasteiger partial charge in [0.05, 0.1) is 45.3 Å². The lowest BCUT2D eigenvalue weighted by Crippen LogP contribution is -2.35. The first-order valence-electron chi connectivity index (χ1n) is 7.83. The number of aromatic nitrogens is 1. The molecule has 1 aromatic heterocycles. The van der Waals surface area contributed by atoms with E-state index in [0.717, 1.165) is 16.9 Å². The van der Waals surface area contributed by atoms with Crippen LogP contribution in [0.4, 0.5) is 0 Å². The lowest BCUT2D eigenvalue weighted by atomic mass is 10.1. The van der Waals surface area contributed by atoms with Crippen LogP contribution in [-0.4, -0.2) is 49.1 Å². The van der Waals surface area contributed by atoms with E-state index in [4.69, 9.17) is 37.4 Å². The van der Waals surface area contributed by atoms with E-state index in [-0.39, 0.29) is 23.4 Å². The van der Waals surface area contributed by atoms with Crippen molar-refractivity contribution < 1.29 is 24.1 Å². The SMILES string of the molecule is O=C(O)C(Cl)(COCCOCCOCc1ccccc1)c1csc(Cl)n1. The molecule has 1 N–H and O–H groups in total. The average molecular weight is 420 g/mol. The van der Waals surface area contributed by atoms with Gasteiger partial charge < -0.3 is 19.3 Å². The Morgan fingerprint density at radius 3 is 2.38 bits per heavy atom. The Morgan fingerprint density at radius 2 is 1.77 bits per heavy atom. The van der Waals surface area contributed by atoms with Gasteiger partial charge in [-0.3, -0.25) is 0 Å². The molecule has 1 heterocycles. The minimum Gasteiger partial charge on any atom is -0.480 e. The first kappa shape index (κ1) is 21.1. The highest BCUT2D eigenvalue weighted by atomic mass is 35.5. The minimum absolute atomic E-state index is 0.164. The van der Waals surface area contributed by atoms with Crippen molar-refractivity contribution in [1.82, 2.24) is 4.98 Å². The van der Waals surface area contributed by atoms with Gasteiger partial charge in [-0.05, 0) is 5.56 Å². The van der Waals surface area contributed by atoms with Gasteiger partial charge in [0.25, 0.3) is 0 Å². The lowest BCUT2D eigenvalue weighted by molar-refractivity contribution is -0.142. The predicted octanol–water partition coefficient (Wildman–Crippen LogP) is 3.57. The van der Waals surface area contributed by atoms with Gasteiger partial charge in [0.2, 0.25) is 4.87 Å². The molecule has 0 bridgehead atoms. The fourth-order valence-electron chi connectivity index (χ4n) is 1.99. The van der Waals surface area contributed by atoms with Crippen LogP contribution < -0.4 is 0 Å². The molecule has 142 valence electrons. The lowest BCUT2D eigenvalue weighted by Gasteiger charge is -2.20. The van der Waals surface area contributed by atoms with Crippen molar-refractivity contribution in [2.45, 2.75) is 11.5 Å². The average Bonchev–Trinajstić information content (AvgIpc) is 3.07. The Labute approximate surface area is 165 Å². The number of ether oxygens (including phenoxy) is 3. The van der Waals surface area contributed by atoms with Crippen molar-refractivity contribution in [2.24, 2.45) is 0 Å². The number of hydrogen-bond donors (Lipinski definition) is 1. The van der Waals surface area contributed by atoms with Crippen molar-refractivity contribution >= 4 is 40.5 Å². The Bertz CT molecular complexity index is 685. The number of halogens is 2. The quantitative estimate of drug-likeness (QED) is 0.418. The third-order valence-electron chi connectivity index (χ3n) is 3.38. The predicted molar refractivity (Wildman–Crippen MR) is 100 cm³/mol. The molecule has 1 unspecified atom stereocenters. The molecule has 1 aromatic carbocycles. The van der Waals surface area contributed by atoms with Crippen LogP contribution >= 0.6 is 34.5 Å². The molecule has 0 saturated heterocycles. The first-order valence-corrected chi connectivity index (χ1v) is 9.47. The summed E-state index contributed by atoms with van der Waals surface area (Å²) in [6, 6.07) is 9.85. The molecule has 0 fully saturated rings. The molecule has 0 aliphatic heterocycles. The molecule has 0 radical (unpaired) electrons. The summed E-state index contributed by atoms with van der Waals surface area (Å²) in [5, 5.41) is 10.9. The monoisotopic (exact) mass is 419 g/mol. The van der Waals surface area contributed by atoms with Crippen LogP contribution in [0.15, 0.2) is 35.7 Å². The standard InChI is InChI=1S/C17H19Cl2NO5S/c18-16-20-14(11-26-16)17(19,15(21)22)12-25-9-7-23-6-8-24-10-13-4-2-1-3-5-13/h1-5,11H,6-10,12H2,(H,21,22). The summed E-state index contributed by atoms with van der Waals surface area (Å²) in [5.41, 5.74) is 1.27. The Balaban J connectivity index is 1.58. The van der Waals surface area contributed by atoms with E-state index in [1.165, 1.54) is 5.38 Å². The number of aliphatic carboxylic acids is 1. The molecular formula is C17H19Cl2NO5S. The fraction of sp³-hybridized carbons (Fsp3) is 0.412. The molecular weight excluding hydrogens is 401 g/mol. The zero-order valence-corrected chi connectivity index (χ0v) is 16.2. The van der Waals surface area contributed by atoms with Gasteiger partial charge in [0.1, 0.15) is 0 Å². The van der Waals surface area contributed by atoms with Crippen molar-refractivity contribution in [3.05, 3.63) is 51.4 Å². The number of hydrogen-bond acceptors (Lipinski definition) is 6. The number of alkyl halides is 1. The van der Waals surface area contributed by atoms with Gasteiger partial charge in [-0.25, -0.2) is 9.78 Å². The van der Waals surface area contributed by atoms with E-state index in [0.29, 0.717) is 26.4 Å². The molecule has 1 atom stereocenters. The van der Waals surface area contributed by atoms with Gasteiger partial charge in [-0.2, -0.15) is 0 Å². The highest BCUT2D eigenvalue weighted by Crippen LogP contribution is 2.32. The smallest absolute Gasteiger partial charge is 0.333 e. The number of benzene rings is 1. The zero-order valence-electron chi connectivity index (χ0n) is 13.9. The molecule has 9 heteroatoms. The molecule has 0 aliphatic rings. The summed E-state index contributed by atoms with van der Waals surface area (Å²) in [7, 11) is 0. The molecule has 0 spiro atoms. The molecule has 26 heavy (non-hydrogen) atoms. The van der Waals surface area contributed by atoms with Crippen LogP contribution in [0.25, 0.3) is 0 Å². The van der Waals surface area contributed by atoms with Crippen LogP contribution in [0.3, 0.4) is 0 Å². The van der Waals surface area contributed by atoms with E-state index in [1.807, 2.05) is 30.3 Å². The number of nitrogens with zero attached hydrogens (tertiary/aromatic N) is 1. The molecule has 2 aromatic rings. The second-order valence-electron chi connectivity index (χ2n) is 5.30. The normalized spacial score (nSPS) is 13.5. The number of carbonyl (C=O) groups is 1. The second kappa shape index (κ2) is 10.8. The molecule has 0 saturated carbocycles. The maximum absolute atomic E-state index is 11.4. The van der Waals surface area contributed by atoms with E-state index in [1.54, 1.807) is 0 Å². The number of carboxylic acids is 1. The molecule has 2 rings (SSSR count). The fourth-order valence-corrected chi connectivity index (χ4v) is 3.07. The first-order chi connectivity index (χ1) is 12.5. The summed E-state index contributed by atoms with van der Waals surface area (Å²) in [6.45, 7) is 1.68. The van der Waals surface area contributed by atoms with Crippen molar-refractivity contribution in [1.29, 1.82) is 0 Å². The van der Waals surface area contributed by atoms with Crippen LogP contribution in [0.1, 0.15) is 11.3 Å². The Morgan fingerprint density at radius 1 is 1.12 bits per heavy atom. The van der Waals surface area contributed by atoms with Crippen LogP contribution in [-0.2, 0) is 30.5 Å². The molecule has 6 nitrogen and oxygen atoms in total. The van der Waals surface area contributed by atoms with Crippen molar-refractivity contribution in [3.63, 3.8) is 0 Å². The van der Waals surface area contributed by atoms with Gasteiger partial charge in [-0.1, -0.05) is 53.5 Å². The number of rotatable bonds is 12. The number of thiazole rings is 1. The van der Waals surface area contributed by atoms with E-state index in [9.17, 15) is 9.90 Å². The number of carboxylic acid groups (broad SMARTS) is 1. The largest absolute Gasteiger partial charge is 0.480 e. The van der Waals surface area contributed by atoms with E-state index in [2.05, 4.69) is 4.98 Å². The summed E-state index contributed by atoms with van der Waals surface area (Å²) >= 11 is 13.0. The minimum atomic E-state index is -1.76. The topological polar surface area (TPSA) is 77.9 Å².